The van der Waals surface area contributed by atoms with E-state index in [1.165, 1.54) is 64.5 Å². The van der Waals surface area contributed by atoms with Crippen LogP contribution in [-0.2, 0) is 5.41 Å². The van der Waals surface area contributed by atoms with E-state index in [1.807, 2.05) is 0 Å². The molecule has 2 heterocycles. The minimum atomic E-state index is 0.509. The third-order valence-corrected chi connectivity index (χ3v) is 6.29. The molecule has 3 heteroatoms. The summed E-state index contributed by atoms with van der Waals surface area (Å²) < 4.78 is 0. The molecule has 1 aromatic rings. The summed E-state index contributed by atoms with van der Waals surface area (Å²) in [6.45, 7) is 14.3. The van der Waals surface area contributed by atoms with E-state index in [9.17, 15) is 0 Å². The van der Waals surface area contributed by atoms with Crippen molar-refractivity contribution >= 4 is 5.69 Å². The summed E-state index contributed by atoms with van der Waals surface area (Å²) in [5.41, 5.74) is 3.51. The predicted octanol–water partition coefficient (Wildman–Crippen LogP) is 2.42. The van der Waals surface area contributed by atoms with Gasteiger partial charge in [0.2, 0.25) is 0 Å². The Morgan fingerprint density at radius 2 is 1.64 bits per heavy atom. The van der Waals surface area contributed by atoms with Crippen LogP contribution in [0.4, 0.5) is 5.69 Å². The van der Waals surface area contributed by atoms with Crippen molar-refractivity contribution in [3.8, 4) is 0 Å². The Morgan fingerprint density at radius 1 is 0.955 bits per heavy atom. The molecule has 120 valence electrons. The Balaban J connectivity index is 1.44. The maximum absolute atomic E-state index is 2.62. The summed E-state index contributed by atoms with van der Waals surface area (Å²) in [5, 5.41) is 0. The highest BCUT2D eigenvalue weighted by atomic mass is 15.3. The molecule has 22 heavy (non-hydrogen) atoms. The number of hydrogen-bond acceptors (Lipinski definition) is 3. The van der Waals surface area contributed by atoms with Gasteiger partial charge in [-0.2, -0.15) is 0 Å². The molecule has 3 aliphatic rings. The molecule has 0 aromatic heterocycles. The van der Waals surface area contributed by atoms with Crippen LogP contribution in [0.5, 0.6) is 0 Å². The first-order valence-corrected chi connectivity index (χ1v) is 9.05. The minimum absolute atomic E-state index is 0.509. The molecule has 2 atom stereocenters. The fraction of sp³-hybridized carbons (Fsp3) is 0.684. The lowest BCUT2D eigenvalue weighted by molar-refractivity contribution is 0.271. The lowest BCUT2D eigenvalue weighted by Gasteiger charge is -2.35. The van der Waals surface area contributed by atoms with Crippen LogP contribution in [0.1, 0.15) is 25.8 Å². The first-order valence-electron chi connectivity index (χ1n) is 9.05. The van der Waals surface area contributed by atoms with E-state index >= 15 is 0 Å². The highest BCUT2D eigenvalue weighted by Gasteiger charge is 2.60. The maximum atomic E-state index is 2.62. The predicted molar refractivity (Wildman–Crippen MR) is 92.7 cm³/mol. The quantitative estimate of drug-likeness (QED) is 0.845. The van der Waals surface area contributed by atoms with Crippen LogP contribution >= 0.6 is 0 Å². The largest absolute Gasteiger partial charge is 0.369 e. The van der Waals surface area contributed by atoms with Crippen LogP contribution in [0.3, 0.4) is 0 Å². The number of likely N-dealkylation sites (tertiary alicyclic amines) is 1. The van der Waals surface area contributed by atoms with E-state index in [4.69, 9.17) is 0 Å². The van der Waals surface area contributed by atoms with Crippen molar-refractivity contribution in [3.63, 3.8) is 0 Å². The molecule has 1 aromatic carbocycles. The maximum Gasteiger partial charge on any atom is 0.0367 e. The summed E-state index contributed by atoms with van der Waals surface area (Å²) >= 11 is 0. The summed E-state index contributed by atoms with van der Waals surface area (Å²) in [5.74, 6) is 0.923. The van der Waals surface area contributed by atoms with E-state index in [2.05, 4.69) is 52.8 Å². The summed E-state index contributed by atoms with van der Waals surface area (Å²) in [4.78, 5) is 7.70. The summed E-state index contributed by atoms with van der Waals surface area (Å²) in [6.07, 6.45) is 1.41. The third kappa shape index (κ3) is 2.35. The Hall–Kier alpha value is -1.06. The van der Waals surface area contributed by atoms with Crippen molar-refractivity contribution in [3.05, 3.63) is 29.8 Å². The average Bonchev–Trinajstić information content (AvgIpc) is 3.17. The number of hydrogen-bond donors (Lipinski definition) is 0. The van der Waals surface area contributed by atoms with Crippen molar-refractivity contribution in [1.82, 2.24) is 9.80 Å². The van der Waals surface area contributed by atoms with E-state index in [0.29, 0.717) is 5.41 Å². The van der Waals surface area contributed by atoms with Crippen LogP contribution in [-0.4, -0.2) is 62.2 Å². The van der Waals surface area contributed by atoms with Gasteiger partial charge in [-0.25, -0.2) is 0 Å². The summed E-state index contributed by atoms with van der Waals surface area (Å²) in [7, 11) is 0. The number of likely N-dealkylation sites (N-methyl/N-ethyl adjacent to an activating group) is 2. The normalized spacial score (nSPS) is 32.3. The van der Waals surface area contributed by atoms with Gasteiger partial charge in [-0.3, -0.25) is 0 Å². The van der Waals surface area contributed by atoms with Crippen molar-refractivity contribution in [1.29, 1.82) is 0 Å². The topological polar surface area (TPSA) is 9.72 Å². The molecule has 1 saturated carbocycles. The third-order valence-electron chi connectivity index (χ3n) is 6.29. The lowest BCUT2D eigenvalue weighted by atomic mass is 9.94. The van der Waals surface area contributed by atoms with E-state index in [-0.39, 0.29) is 0 Å². The Kier molecular flexibility index (Phi) is 3.66. The zero-order chi connectivity index (χ0) is 15.2. The minimum Gasteiger partial charge on any atom is -0.369 e. The molecule has 0 amide bonds. The Labute approximate surface area is 134 Å². The SMILES string of the molecule is CCN1CCN(c2ccc(C34CC3CN(CC)C4)cc2)CC1. The van der Waals surface area contributed by atoms with Crippen molar-refractivity contribution in [2.75, 3.05) is 57.3 Å². The number of rotatable bonds is 4. The molecule has 0 spiro atoms. The molecule has 4 rings (SSSR count). The molecule has 1 aliphatic carbocycles. The molecule has 0 bridgehead atoms. The molecule has 2 unspecified atom stereocenters. The van der Waals surface area contributed by atoms with Crippen molar-refractivity contribution in [2.45, 2.75) is 25.7 Å². The second kappa shape index (κ2) is 5.54. The lowest BCUT2D eigenvalue weighted by Crippen LogP contribution is -2.46. The van der Waals surface area contributed by atoms with Gasteiger partial charge in [-0.05, 0) is 43.1 Å². The second-order valence-electron chi connectivity index (χ2n) is 7.35. The van der Waals surface area contributed by atoms with Gasteiger partial charge in [0.15, 0.2) is 0 Å². The van der Waals surface area contributed by atoms with Gasteiger partial charge in [-0.1, -0.05) is 26.0 Å². The average molecular weight is 299 g/mol. The van der Waals surface area contributed by atoms with Crippen LogP contribution in [0.25, 0.3) is 0 Å². The Morgan fingerprint density at radius 3 is 2.23 bits per heavy atom. The monoisotopic (exact) mass is 299 g/mol. The van der Waals surface area contributed by atoms with Crippen LogP contribution < -0.4 is 4.90 Å². The fourth-order valence-corrected chi connectivity index (χ4v) is 4.60. The van der Waals surface area contributed by atoms with Gasteiger partial charge < -0.3 is 14.7 Å². The van der Waals surface area contributed by atoms with Crippen LogP contribution in [0.2, 0.25) is 0 Å². The molecular formula is C19H29N3. The van der Waals surface area contributed by atoms with Gasteiger partial charge in [0, 0.05) is 50.4 Å². The van der Waals surface area contributed by atoms with E-state index in [0.717, 1.165) is 5.92 Å². The van der Waals surface area contributed by atoms with Gasteiger partial charge >= 0.3 is 0 Å². The zero-order valence-electron chi connectivity index (χ0n) is 14.1. The molecular weight excluding hydrogens is 270 g/mol. The van der Waals surface area contributed by atoms with Crippen molar-refractivity contribution < 1.29 is 0 Å². The standard InChI is InChI=1S/C19H29N3/c1-3-20-9-11-22(12-10-20)18-7-5-16(6-8-18)19-13-17(19)14-21(4-2)15-19/h5-8,17H,3-4,9-15H2,1-2H3. The van der Waals surface area contributed by atoms with Crippen molar-refractivity contribution in [2.24, 2.45) is 5.92 Å². The molecule has 3 nitrogen and oxygen atoms in total. The first-order chi connectivity index (χ1) is 10.7. The highest BCUT2D eigenvalue weighted by Crippen LogP contribution is 2.58. The number of nitrogens with zero attached hydrogens (tertiary/aromatic N) is 3. The number of fused-ring (bicyclic) bond motifs is 1. The number of piperidine rings is 1. The Bertz CT molecular complexity index is 518. The number of piperazine rings is 1. The molecule has 0 N–H and O–H groups in total. The fourth-order valence-electron chi connectivity index (χ4n) is 4.60. The second-order valence-corrected chi connectivity index (χ2v) is 7.35. The zero-order valence-corrected chi connectivity index (χ0v) is 14.1. The first kappa shape index (κ1) is 14.5. The molecule has 2 aliphatic heterocycles. The molecule has 2 saturated heterocycles. The van der Waals surface area contributed by atoms with Gasteiger partial charge in [0.1, 0.15) is 0 Å². The van der Waals surface area contributed by atoms with Crippen LogP contribution in [0.15, 0.2) is 24.3 Å². The smallest absolute Gasteiger partial charge is 0.0367 e. The molecule has 3 fully saturated rings. The van der Waals surface area contributed by atoms with E-state index in [1.54, 1.807) is 5.56 Å². The van der Waals surface area contributed by atoms with Crippen LogP contribution in [0, 0.1) is 5.92 Å². The van der Waals surface area contributed by atoms with Gasteiger partial charge in [-0.15, -0.1) is 0 Å². The van der Waals surface area contributed by atoms with Gasteiger partial charge in [0.25, 0.3) is 0 Å². The molecule has 0 radical (unpaired) electrons. The number of benzene rings is 1. The highest BCUT2D eigenvalue weighted by molar-refractivity contribution is 5.51. The van der Waals surface area contributed by atoms with Gasteiger partial charge in [0.05, 0.1) is 0 Å². The van der Waals surface area contributed by atoms with E-state index < -0.39 is 0 Å². The number of anilines is 1. The summed E-state index contributed by atoms with van der Waals surface area (Å²) in [6, 6.07) is 9.58.